The van der Waals surface area contributed by atoms with E-state index < -0.39 is 10.0 Å². The monoisotopic (exact) mass is 292 g/mol. The summed E-state index contributed by atoms with van der Waals surface area (Å²) in [6.45, 7) is 5.06. The molecule has 0 saturated heterocycles. The fourth-order valence-electron chi connectivity index (χ4n) is 2.94. The first-order valence-corrected chi connectivity index (χ1v) is 8.70. The molecule has 3 rings (SSSR count). The van der Waals surface area contributed by atoms with Crippen LogP contribution < -0.4 is 0 Å². The number of aromatic nitrogens is 1. The van der Waals surface area contributed by atoms with Crippen molar-refractivity contribution in [1.29, 1.82) is 0 Å². The number of hydrogen-bond acceptors (Lipinski definition) is 2. The average Bonchev–Trinajstić information content (AvgIpc) is 2.74. The Morgan fingerprint density at radius 3 is 2.90 bits per heavy atom. The van der Waals surface area contributed by atoms with Gasteiger partial charge in [-0.15, -0.1) is 0 Å². The van der Waals surface area contributed by atoms with E-state index in [9.17, 15) is 8.42 Å². The lowest BCUT2D eigenvalue weighted by atomic mass is 10.1. The highest BCUT2D eigenvalue weighted by Crippen LogP contribution is 2.29. The van der Waals surface area contributed by atoms with Crippen molar-refractivity contribution in [3.63, 3.8) is 0 Å². The quantitative estimate of drug-likeness (QED) is 0.945. The van der Waals surface area contributed by atoms with E-state index >= 15 is 0 Å². The molecule has 0 bridgehead atoms. The minimum atomic E-state index is -3.11. The topological polar surface area (TPSA) is 53.2 Å². The van der Waals surface area contributed by atoms with Crippen molar-refractivity contribution in [3.05, 3.63) is 35.0 Å². The largest absolute Gasteiger partial charge is 0.358 e. The number of hydrogen-bond donors (Lipinski definition) is 1. The minimum Gasteiger partial charge on any atom is -0.358 e. The third-order valence-electron chi connectivity index (χ3n) is 3.95. The predicted octanol–water partition coefficient (Wildman–Crippen LogP) is 2.57. The van der Waals surface area contributed by atoms with Crippen LogP contribution in [-0.2, 0) is 23.0 Å². The van der Waals surface area contributed by atoms with E-state index in [0.29, 0.717) is 19.5 Å². The Labute approximate surface area is 119 Å². The zero-order chi connectivity index (χ0) is 14.3. The smallest absolute Gasteiger partial charge is 0.214 e. The highest BCUT2D eigenvalue weighted by atomic mass is 32.2. The van der Waals surface area contributed by atoms with E-state index in [1.54, 1.807) is 4.31 Å². The first-order valence-electron chi connectivity index (χ1n) is 7.09. The van der Waals surface area contributed by atoms with Gasteiger partial charge >= 0.3 is 0 Å². The van der Waals surface area contributed by atoms with Crippen LogP contribution in [0.2, 0.25) is 0 Å². The van der Waals surface area contributed by atoms with Crippen LogP contribution in [0.1, 0.15) is 30.2 Å². The summed E-state index contributed by atoms with van der Waals surface area (Å²) < 4.78 is 26.1. The van der Waals surface area contributed by atoms with Crippen LogP contribution in [0.3, 0.4) is 0 Å². The van der Waals surface area contributed by atoms with Gasteiger partial charge in [-0.2, -0.15) is 4.31 Å². The number of sulfonamides is 1. The molecule has 4 nitrogen and oxygen atoms in total. The Morgan fingerprint density at radius 1 is 1.35 bits per heavy atom. The zero-order valence-electron chi connectivity index (χ0n) is 11.9. The molecule has 0 unspecified atom stereocenters. The zero-order valence-corrected chi connectivity index (χ0v) is 12.8. The van der Waals surface area contributed by atoms with Gasteiger partial charge in [-0.3, -0.25) is 0 Å². The van der Waals surface area contributed by atoms with E-state index in [1.165, 1.54) is 11.3 Å². The van der Waals surface area contributed by atoms with Gasteiger partial charge in [0, 0.05) is 36.1 Å². The number of H-pyrrole nitrogens is 1. The third kappa shape index (κ3) is 2.25. The molecule has 108 valence electrons. The van der Waals surface area contributed by atoms with Gasteiger partial charge in [0.15, 0.2) is 0 Å². The third-order valence-corrected chi connectivity index (χ3v) is 5.97. The highest BCUT2D eigenvalue weighted by Gasteiger charge is 2.28. The van der Waals surface area contributed by atoms with E-state index in [4.69, 9.17) is 0 Å². The van der Waals surface area contributed by atoms with Gasteiger partial charge in [0.25, 0.3) is 0 Å². The molecule has 0 spiro atoms. The maximum Gasteiger partial charge on any atom is 0.214 e. The maximum atomic E-state index is 12.2. The SMILES string of the molecule is CCCS(=O)(=O)N1CCc2[nH]c3cc(C)ccc3c2C1. The molecule has 2 heterocycles. The van der Waals surface area contributed by atoms with Crippen molar-refractivity contribution in [1.82, 2.24) is 9.29 Å². The second kappa shape index (κ2) is 4.90. The van der Waals surface area contributed by atoms with Crippen molar-refractivity contribution in [2.45, 2.75) is 33.2 Å². The summed E-state index contributed by atoms with van der Waals surface area (Å²) in [4.78, 5) is 3.44. The van der Waals surface area contributed by atoms with Crippen LogP contribution in [0, 0.1) is 6.92 Å². The molecule has 0 saturated carbocycles. The lowest BCUT2D eigenvalue weighted by Crippen LogP contribution is -2.37. The summed E-state index contributed by atoms with van der Waals surface area (Å²) in [5, 5.41) is 1.15. The van der Waals surface area contributed by atoms with Crippen molar-refractivity contribution < 1.29 is 8.42 Å². The van der Waals surface area contributed by atoms with Gasteiger partial charge < -0.3 is 4.98 Å². The van der Waals surface area contributed by atoms with Crippen molar-refractivity contribution in [2.75, 3.05) is 12.3 Å². The van der Waals surface area contributed by atoms with E-state index in [0.717, 1.165) is 22.9 Å². The first kappa shape index (κ1) is 13.6. The highest BCUT2D eigenvalue weighted by molar-refractivity contribution is 7.89. The fourth-order valence-corrected chi connectivity index (χ4v) is 4.40. The van der Waals surface area contributed by atoms with E-state index in [-0.39, 0.29) is 5.75 Å². The van der Waals surface area contributed by atoms with Gasteiger partial charge in [-0.1, -0.05) is 19.1 Å². The number of aromatic amines is 1. The predicted molar refractivity (Wildman–Crippen MR) is 81.2 cm³/mol. The molecule has 0 atom stereocenters. The lowest BCUT2D eigenvalue weighted by Gasteiger charge is -2.26. The summed E-state index contributed by atoms with van der Waals surface area (Å²) >= 11 is 0. The van der Waals surface area contributed by atoms with Crippen LogP contribution in [0.15, 0.2) is 18.2 Å². The summed E-state index contributed by atoms with van der Waals surface area (Å²) in [6.07, 6.45) is 1.44. The van der Waals surface area contributed by atoms with Gasteiger partial charge in [-0.25, -0.2) is 8.42 Å². The maximum absolute atomic E-state index is 12.2. The molecule has 0 radical (unpaired) electrons. The molecular formula is C15H20N2O2S. The van der Waals surface area contributed by atoms with Gasteiger partial charge in [-0.05, 0) is 30.5 Å². The molecule has 0 aliphatic carbocycles. The molecule has 5 heteroatoms. The fraction of sp³-hybridized carbons (Fsp3) is 0.467. The standard InChI is InChI=1S/C15H20N2O2S/c1-3-8-20(18,19)17-7-6-14-13(10-17)12-5-4-11(2)9-15(12)16-14/h4-5,9,16H,3,6-8,10H2,1-2H3. The molecule has 20 heavy (non-hydrogen) atoms. The van der Waals surface area contributed by atoms with Crippen LogP contribution >= 0.6 is 0 Å². The summed E-state index contributed by atoms with van der Waals surface area (Å²) in [5.41, 5.74) is 4.66. The van der Waals surface area contributed by atoms with Crippen LogP contribution in [0.4, 0.5) is 0 Å². The molecular weight excluding hydrogens is 272 g/mol. The lowest BCUT2D eigenvalue weighted by molar-refractivity contribution is 0.391. The molecule has 1 aromatic carbocycles. The minimum absolute atomic E-state index is 0.240. The summed E-state index contributed by atoms with van der Waals surface area (Å²) in [7, 11) is -3.11. The van der Waals surface area contributed by atoms with Gasteiger partial charge in [0.2, 0.25) is 10.0 Å². The molecule has 1 aromatic heterocycles. The number of fused-ring (bicyclic) bond motifs is 3. The molecule has 1 aliphatic heterocycles. The van der Waals surface area contributed by atoms with E-state index in [2.05, 4.69) is 30.1 Å². The normalized spacial score (nSPS) is 16.5. The Balaban J connectivity index is 2.00. The van der Waals surface area contributed by atoms with Gasteiger partial charge in [0.1, 0.15) is 0 Å². The number of nitrogens with zero attached hydrogens (tertiary/aromatic N) is 1. The van der Waals surface area contributed by atoms with Crippen LogP contribution in [0.25, 0.3) is 10.9 Å². The van der Waals surface area contributed by atoms with Crippen molar-refractivity contribution in [3.8, 4) is 0 Å². The summed E-state index contributed by atoms with van der Waals surface area (Å²) in [6, 6.07) is 6.30. The molecule has 0 fully saturated rings. The Hall–Kier alpha value is -1.33. The number of nitrogens with one attached hydrogen (secondary N) is 1. The average molecular weight is 292 g/mol. The van der Waals surface area contributed by atoms with Crippen molar-refractivity contribution in [2.24, 2.45) is 0 Å². The number of benzene rings is 1. The first-order chi connectivity index (χ1) is 9.51. The second-order valence-electron chi connectivity index (χ2n) is 5.53. The Bertz CT molecular complexity index is 747. The molecule has 2 aromatic rings. The van der Waals surface area contributed by atoms with Crippen LogP contribution in [0.5, 0.6) is 0 Å². The van der Waals surface area contributed by atoms with Crippen molar-refractivity contribution >= 4 is 20.9 Å². The Kier molecular flexibility index (Phi) is 3.34. The van der Waals surface area contributed by atoms with Crippen LogP contribution in [-0.4, -0.2) is 30.0 Å². The second-order valence-corrected chi connectivity index (χ2v) is 7.62. The molecule has 1 N–H and O–H groups in total. The molecule has 1 aliphatic rings. The molecule has 0 amide bonds. The summed E-state index contributed by atoms with van der Waals surface area (Å²) in [5.74, 6) is 0.240. The van der Waals surface area contributed by atoms with Gasteiger partial charge in [0.05, 0.1) is 5.75 Å². The van der Waals surface area contributed by atoms with E-state index in [1.807, 2.05) is 6.92 Å². The Morgan fingerprint density at radius 2 is 2.15 bits per heavy atom. The number of aryl methyl sites for hydroxylation is 1. The number of rotatable bonds is 3.